The minimum Gasteiger partial charge on any atom is -0.376 e. The SMILES string of the molecule is CNS(=O)(=O)CCOCc1ccccc1. The molecule has 4 nitrogen and oxygen atoms in total. The van der Waals surface area contributed by atoms with Crippen LogP contribution in [0.25, 0.3) is 0 Å². The van der Waals surface area contributed by atoms with Crippen molar-refractivity contribution in [2.45, 2.75) is 6.61 Å². The highest BCUT2D eigenvalue weighted by molar-refractivity contribution is 7.89. The van der Waals surface area contributed by atoms with Crippen molar-refractivity contribution >= 4 is 10.0 Å². The Hall–Kier alpha value is -0.910. The molecule has 0 spiro atoms. The summed E-state index contributed by atoms with van der Waals surface area (Å²) in [6, 6.07) is 9.64. The molecule has 0 atom stereocenters. The van der Waals surface area contributed by atoms with Crippen LogP contribution >= 0.6 is 0 Å². The Morgan fingerprint density at radius 2 is 1.93 bits per heavy atom. The van der Waals surface area contributed by atoms with Gasteiger partial charge in [0.25, 0.3) is 0 Å². The first kappa shape index (κ1) is 12.2. The molecule has 0 heterocycles. The largest absolute Gasteiger partial charge is 0.376 e. The van der Waals surface area contributed by atoms with Crippen LogP contribution < -0.4 is 4.72 Å². The molecule has 84 valence electrons. The highest BCUT2D eigenvalue weighted by Crippen LogP contribution is 2.00. The molecule has 0 aromatic heterocycles. The van der Waals surface area contributed by atoms with Crippen LogP contribution in [0.4, 0.5) is 0 Å². The average molecular weight is 229 g/mol. The van der Waals surface area contributed by atoms with Gasteiger partial charge >= 0.3 is 0 Å². The average Bonchev–Trinajstić information content (AvgIpc) is 2.26. The number of ether oxygens (including phenoxy) is 1. The lowest BCUT2D eigenvalue weighted by Gasteiger charge is -2.04. The fraction of sp³-hybridized carbons (Fsp3) is 0.400. The first-order valence-electron chi connectivity index (χ1n) is 4.67. The summed E-state index contributed by atoms with van der Waals surface area (Å²) in [6.45, 7) is 0.651. The molecule has 1 aromatic rings. The van der Waals surface area contributed by atoms with Crippen LogP contribution in [-0.2, 0) is 21.4 Å². The molecule has 0 aliphatic heterocycles. The molecule has 0 saturated heterocycles. The van der Waals surface area contributed by atoms with Crippen molar-refractivity contribution in [2.24, 2.45) is 0 Å². The first-order valence-corrected chi connectivity index (χ1v) is 6.32. The zero-order valence-corrected chi connectivity index (χ0v) is 9.46. The molecule has 1 N–H and O–H groups in total. The van der Waals surface area contributed by atoms with E-state index in [1.54, 1.807) is 0 Å². The van der Waals surface area contributed by atoms with E-state index < -0.39 is 10.0 Å². The zero-order valence-electron chi connectivity index (χ0n) is 8.64. The number of benzene rings is 1. The lowest BCUT2D eigenvalue weighted by molar-refractivity contribution is 0.135. The van der Waals surface area contributed by atoms with Crippen LogP contribution in [0.2, 0.25) is 0 Å². The van der Waals surface area contributed by atoms with Crippen molar-refractivity contribution in [3.63, 3.8) is 0 Å². The minimum absolute atomic E-state index is 0.00364. The molecule has 15 heavy (non-hydrogen) atoms. The maximum atomic E-state index is 11.0. The second kappa shape index (κ2) is 5.85. The molecule has 0 saturated carbocycles. The lowest BCUT2D eigenvalue weighted by atomic mass is 10.2. The molecule has 0 aliphatic rings. The third-order valence-corrected chi connectivity index (χ3v) is 3.25. The zero-order chi connectivity index (χ0) is 11.1. The summed E-state index contributed by atoms with van der Waals surface area (Å²) in [5, 5.41) is 0. The lowest BCUT2D eigenvalue weighted by Crippen LogP contribution is -2.24. The van der Waals surface area contributed by atoms with E-state index in [2.05, 4.69) is 4.72 Å². The van der Waals surface area contributed by atoms with Crippen LogP contribution in [0.1, 0.15) is 5.56 Å². The fourth-order valence-electron chi connectivity index (χ4n) is 1.03. The summed E-state index contributed by atoms with van der Waals surface area (Å²) in [4.78, 5) is 0. The molecule has 1 rings (SSSR count). The van der Waals surface area contributed by atoms with Gasteiger partial charge in [0.2, 0.25) is 10.0 Å². The number of hydrogen-bond donors (Lipinski definition) is 1. The maximum Gasteiger partial charge on any atom is 0.213 e. The monoisotopic (exact) mass is 229 g/mol. The molecule has 1 aromatic carbocycles. The Labute approximate surface area is 90.3 Å². The molecule has 0 aliphatic carbocycles. The molecule has 5 heteroatoms. The number of hydrogen-bond acceptors (Lipinski definition) is 3. The van der Waals surface area contributed by atoms with Gasteiger partial charge in [-0.15, -0.1) is 0 Å². The van der Waals surface area contributed by atoms with E-state index in [-0.39, 0.29) is 12.4 Å². The summed E-state index contributed by atoms with van der Waals surface area (Å²) >= 11 is 0. The summed E-state index contributed by atoms with van der Waals surface area (Å²) < 4.78 is 29.5. The second-order valence-electron chi connectivity index (χ2n) is 3.06. The molecular formula is C10H15NO3S. The van der Waals surface area contributed by atoms with Gasteiger partial charge in [0.1, 0.15) is 0 Å². The maximum absolute atomic E-state index is 11.0. The Bertz CT molecular complexity index is 375. The van der Waals surface area contributed by atoms with E-state index in [0.717, 1.165) is 5.56 Å². The van der Waals surface area contributed by atoms with Gasteiger partial charge in [0.05, 0.1) is 19.0 Å². The van der Waals surface area contributed by atoms with Crippen LogP contribution in [0.5, 0.6) is 0 Å². The highest BCUT2D eigenvalue weighted by atomic mass is 32.2. The van der Waals surface area contributed by atoms with Crippen LogP contribution in [-0.4, -0.2) is 27.8 Å². The summed E-state index contributed by atoms with van der Waals surface area (Å²) in [5.74, 6) is -0.00364. The molecule has 0 unspecified atom stereocenters. The van der Waals surface area contributed by atoms with Crippen molar-refractivity contribution < 1.29 is 13.2 Å². The van der Waals surface area contributed by atoms with Crippen molar-refractivity contribution in [1.29, 1.82) is 0 Å². The van der Waals surface area contributed by atoms with E-state index in [1.807, 2.05) is 30.3 Å². The van der Waals surface area contributed by atoms with Gasteiger partial charge in [0.15, 0.2) is 0 Å². The molecule has 0 fully saturated rings. The minimum atomic E-state index is -3.15. The number of nitrogens with one attached hydrogen (secondary N) is 1. The quantitative estimate of drug-likeness (QED) is 0.732. The van der Waals surface area contributed by atoms with Gasteiger partial charge in [-0.3, -0.25) is 0 Å². The van der Waals surface area contributed by atoms with E-state index in [0.29, 0.717) is 6.61 Å². The third-order valence-electron chi connectivity index (χ3n) is 1.92. The first-order chi connectivity index (χ1) is 7.14. The molecule has 0 bridgehead atoms. The van der Waals surface area contributed by atoms with Crippen molar-refractivity contribution in [1.82, 2.24) is 4.72 Å². The van der Waals surface area contributed by atoms with E-state index in [4.69, 9.17) is 4.74 Å². The van der Waals surface area contributed by atoms with Gasteiger partial charge in [-0.05, 0) is 12.6 Å². The molecular weight excluding hydrogens is 214 g/mol. The third kappa shape index (κ3) is 4.92. The van der Waals surface area contributed by atoms with Crippen LogP contribution in [0.15, 0.2) is 30.3 Å². The number of rotatable bonds is 6. The molecule has 0 radical (unpaired) electrons. The topological polar surface area (TPSA) is 55.4 Å². The Balaban J connectivity index is 2.24. The number of sulfonamides is 1. The van der Waals surface area contributed by atoms with Gasteiger partial charge in [-0.25, -0.2) is 13.1 Å². The predicted octanol–water partition coefficient (Wildman–Crippen LogP) is 0.752. The summed E-state index contributed by atoms with van der Waals surface area (Å²) in [6.07, 6.45) is 0. The normalized spacial score (nSPS) is 11.5. The van der Waals surface area contributed by atoms with Crippen molar-refractivity contribution in [2.75, 3.05) is 19.4 Å². The van der Waals surface area contributed by atoms with Crippen molar-refractivity contribution in [3.8, 4) is 0 Å². The van der Waals surface area contributed by atoms with Crippen LogP contribution in [0.3, 0.4) is 0 Å². The summed E-state index contributed by atoms with van der Waals surface area (Å²) in [5.41, 5.74) is 1.04. The van der Waals surface area contributed by atoms with Crippen molar-refractivity contribution in [3.05, 3.63) is 35.9 Å². The van der Waals surface area contributed by atoms with Crippen LogP contribution in [0, 0.1) is 0 Å². The van der Waals surface area contributed by atoms with E-state index in [9.17, 15) is 8.42 Å². The Morgan fingerprint density at radius 3 is 2.53 bits per heavy atom. The van der Waals surface area contributed by atoms with Gasteiger partial charge in [-0.1, -0.05) is 30.3 Å². The Kier molecular flexibility index (Phi) is 4.74. The van der Waals surface area contributed by atoms with Gasteiger partial charge in [-0.2, -0.15) is 0 Å². The van der Waals surface area contributed by atoms with E-state index in [1.165, 1.54) is 7.05 Å². The summed E-state index contributed by atoms with van der Waals surface area (Å²) in [7, 11) is -1.75. The predicted molar refractivity (Wildman–Crippen MR) is 58.9 cm³/mol. The van der Waals surface area contributed by atoms with Gasteiger partial charge in [0, 0.05) is 0 Å². The van der Waals surface area contributed by atoms with E-state index >= 15 is 0 Å². The smallest absolute Gasteiger partial charge is 0.213 e. The Morgan fingerprint density at radius 1 is 1.27 bits per heavy atom. The molecule has 0 amide bonds. The standard InChI is InChI=1S/C10H15NO3S/c1-11-15(12,13)8-7-14-9-10-5-3-2-4-6-10/h2-6,11H,7-9H2,1H3. The second-order valence-corrected chi connectivity index (χ2v) is 5.11. The fourth-order valence-corrected chi connectivity index (χ4v) is 1.58. The highest BCUT2D eigenvalue weighted by Gasteiger charge is 2.05. The van der Waals surface area contributed by atoms with Gasteiger partial charge < -0.3 is 4.74 Å².